The molecule has 3 heteroatoms. The fourth-order valence-electron chi connectivity index (χ4n) is 0.671. The van der Waals surface area contributed by atoms with Gasteiger partial charge in [-0.3, -0.25) is 0 Å². The lowest BCUT2D eigenvalue weighted by atomic mass is 10.5. The summed E-state index contributed by atoms with van der Waals surface area (Å²) in [5.74, 6) is 0. The van der Waals surface area contributed by atoms with Crippen molar-refractivity contribution in [2.24, 2.45) is 0 Å². The summed E-state index contributed by atoms with van der Waals surface area (Å²) in [6, 6.07) is 0. The van der Waals surface area contributed by atoms with Crippen LogP contribution in [0.1, 0.15) is 34.1 Å². The van der Waals surface area contributed by atoms with Crippen LogP contribution in [0.2, 0.25) is 0 Å². The quantitative estimate of drug-likeness (QED) is 0.697. The van der Waals surface area contributed by atoms with Gasteiger partial charge in [0.2, 0.25) is 0 Å². The molecule has 0 aromatic rings. The molecule has 0 amide bonds. The van der Waals surface area contributed by atoms with Crippen LogP contribution in [-0.4, -0.2) is 41.7 Å². The first-order valence-electron chi connectivity index (χ1n) is 4.59. The topological polar surface area (TPSA) is 55.0 Å². The van der Waals surface area contributed by atoms with Crippen molar-refractivity contribution in [2.75, 3.05) is 26.2 Å². The van der Waals surface area contributed by atoms with Crippen LogP contribution in [0.15, 0.2) is 0 Å². The highest BCUT2D eigenvalue weighted by atomic mass is 16.2. The van der Waals surface area contributed by atoms with Crippen molar-refractivity contribution in [1.82, 2.24) is 4.90 Å². The number of hydrogen-bond acceptors (Lipinski definition) is 2. The van der Waals surface area contributed by atoms with E-state index in [0.717, 1.165) is 6.42 Å². The molecular formula is C9H25NO2. The van der Waals surface area contributed by atoms with Crippen LogP contribution in [0.5, 0.6) is 0 Å². The van der Waals surface area contributed by atoms with Gasteiger partial charge >= 0.3 is 0 Å². The van der Waals surface area contributed by atoms with Gasteiger partial charge in [0.25, 0.3) is 0 Å². The molecule has 3 nitrogen and oxygen atoms in total. The molecule has 0 rings (SSSR count). The van der Waals surface area contributed by atoms with Crippen LogP contribution in [-0.2, 0) is 0 Å². The Bertz CT molecular complexity index is 49.0. The van der Waals surface area contributed by atoms with Gasteiger partial charge in [0, 0.05) is 6.61 Å². The normalized spacial score (nSPS) is 8.50. The van der Waals surface area contributed by atoms with Gasteiger partial charge in [0.15, 0.2) is 0 Å². The molecule has 0 spiro atoms. The van der Waals surface area contributed by atoms with Gasteiger partial charge in [-0.1, -0.05) is 27.7 Å². The smallest absolute Gasteiger partial charge is 0.0428 e. The van der Waals surface area contributed by atoms with E-state index in [9.17, 15) is 0 Å². The first kappa shape index (κ1) is 17.8. The molecule has 0 heterocycles. The van der Waals surface area contributed by atoms with Crippen LogP contribution in [0, 0.1) is 0 Å². The van der Waals surface area contributed by atoms with E-state index in [-0.39, 0.29) is 5.48 Å². The maximum absolute atomic E-state index is 7.88. The number of hydrogen-bond donors (Lipinski definition) is 1. The molecule has 0 aliphatic carbocycles. The average molecular weight is 179 g/mol. The Hall–Kier alpha value is -0.120. The highest BCUT2D eigenvalue weighted by molar-refractivity contribution is 4.43. The van der Waals surface area contributed by atoms with Crippen molar-refractivity contribution in [3.63, 3.8) is 0 Å². The molecule has 78 valence electrons. The lowest BCUT2D eigenvalue weighted by Crippen LogP contribution is -2.21. The van der Waals surface area contributed by atoms with Crippen molar-refractivity contribution < 1.29 is 10.6 Å². The Kier molecular flexibility index (Phi) is 25.4. The molecule has 0 atom stereocenters. The van der Waals surface area contributed by atoms with Crippen LogP contribution >= 0.6 is 0 Å². The average Bonchev–Trinajstić information content (AvgIpc) is 2.08. The summed E-state index contributed by atoms with van der Waals surface area (Å²) in [5, 5.41) is 7.88. The summed E-state index contributed by atoms with van der Waals surface area (Å²) in [6.07, 6.45) is 0.875. The first-order chi connectivity index (χ1) is 5.26. The summed E-state index contributed by atoms with van der Waals surface area (Å²) in [6.45, 7) is 12.4. The minimum absolute atomic E-state index is 0. The zero-order chi connectivity index (χ0) is 9.11. The summed E-state index contributed by atoms with van der Waals surface area (Å²) >= 11 is 0. The molecule has 0 fully saturated rings. The Morgan fingerprint density at radius 3 is 1.17 bits per heavy atom. The molecule has 0 saturated carbocycles. The summed E-state index contributed by atoms with van der Waals surface area (Å²) in [7, 11) is 0. The van der Waals surface area contributed by atoms with Gasteiger partial charge in [-0.25, -0.2) is 0 Å². The minimum Gasteiger partial charge on any atom is -0.412 e. The SMILES string of the molecule is CCCO.CCN(CC)CC.O. The molecule has 0 aliphatic heterocycles. The van der Waals surface area contributed by atoms with Crippen molar-refractivity contribution in [1.29, 1.82) is 0 Å². The lowest BCUT2D eigenvalue weighted by molar-refractivity contribution is 0.295. The second-order valence-electron chi connectivity index (χ2n) is 2.34. The number of nitrogens with zero attached hydrogens (tertiary/aromatic N) is 1. The molecule has 0 saturated heterocycles. The van der Waals surface area contributed by atoms with Gasteiger partial charge in [0.1, 0.15) is 0 Å². The van der Waals surface area contributed by atoms with Gasteiger partial charge < -0.3 is 15.5 Å². The number of aliphatic hydroxyl groups is 1. The van der Waals surface area contributed by atoms with Crippen LogP contribution in [0.4, 0.5) is 0 Å². The van der Waals surface area contributed by atoms with Gasteiger partial charge in [0.05, 0.1) is 0 Å². The van der Waals surface area contributed by atoms with E-state index in [4.69, 9.17) is 5.11 Å². The van der Waals surface area contributed by atoms with Crippen molar-refractivity contribution >= 4 is 0 Å². The highest BCUT2D eigenvalue weighted by Gasteiger charge is 1.89. The molecular weight excluding hydrogens is 154 g/mol. The zero-order valence-electron chi connectivity index (χ0n) is 8.93. The van der Waals surface area contributed by atoms with Crippen molar-refractivity contribution in [2.45, 2.75) is 34.1 Å². The largest absolute Gasteiger partial charge is 0.412 e. The number of rotatable bonds is 4. The monoisotopic (exact) mass is 179 g/mol. The zero-order valence-corrected chi connectivity index (χ0v) is 8.93. The molecule has 0 radical (unpaired) electrons. The fraction of sp³-hybridized carbons (Fsp3) is 1.00. The Morgan fingerprint density at radius 1 is 0.917 bits per heavy atom. The van der Waals surface area contributed by atoms with Crippen LogP contribution in [0.25, 0.3) is 0 Å². The Morgan fingerprint density at radius 2 is 1.17 bits per heavy atom. The van der Waals surface area contributed by atoms with Crippen LogP contribution in [0.3, 0.4) is 0 Å². The molecule has 0 unspecified atom stereocenters. The predicted molar refractivity (Wildman–Crippen MR) is 54.5 cm³/mol. The van der Waals surface area contributed by atoms with E-state index < -0.39 is 0 Å². The van der Waals surface area contributed by atoms with Gasteiger partial charge in [-0.15, -0.1) is 0 Å². The second kappa shape index (κ2) is 17.1. The van der Waals surface area contributed by atoms with E-state index in [2.05, 4.69) is 25.7 Å². The first-order valence-corrected chi connectivity index (χ1v) is 4.59. The highest BCUT2D eigenvalue weighted by Crippen LogP contribution is 1.81. The van der Waals surface area contributed by atoms with Crippen LogP contribution < -0.4 is 0 Å². The summed E-state index contributed by atoms with van der Waals surface area (Å²) < 4.78 is 0. The number of aliphatic hydroxyl groups excluding tert-OH is 1. The molecule has 3 N–H and O–H groups in total. The van der Waals surface area contributed by atoms with E-state index in [1.807, 2.05) is 6.92 Å². The minimum atomic E-state index is 0. The maximum atomic E-state index is 7.88. The Labute approximate surface area is 76.7 Å². The third kappa shape index (κ3) is 16.5. The third-order valence-electron chi connectivity index (χ3n) is 1.57. The standard InChI is InChI=1S/C6H15N.C3H8O.H2O/c1-4-7(5-2)6-3;1-2-3-4;/h4-6H2,1-3H3;4H,2-3H2,1H3;1H2. The lowest BCUT2D eigenvalue weighted by Gasteiger charge is -2.13. The maximum Gasteiger partial charge on any atom is 0.0428 e. The van der Waals surface area contributed by atoms with E-state index >= 15 is 0 Å². The van der Waals surface area contributed by atoms with Crippen molar-refractivity contribution in [3.05, 3.63) is 0 Å². The van der Waals surface area contributed by atoms with E-state index in [1.54, 1.807) is 0 Å². The van der Waals surface area contributed by atoms with Gasteiger partial charge in [-0.2, -0.15) is 0 Å². The summed E-state index contributed by atoms with van der Waals surface area (Å²) in [4.78, 5) is 2.38. The molecule has 0 aromatic carbocycles. The predicted octanol–water partition coefficient (Wildman–Crippen LogP) is 0.912. The molecule has 12 heavy (non-hydrogen) atoms. The second-order valence-corrected chi connectivity index (χ2v) is 2.34. The summed E-state index contributed by atoms with van der Waals surface area (Å²) in [5.41, 5.74) is 0. The van der Waals surface area contributed by atoms with Crippen molar-refractivity contribution in [3.8, 4) is 0 Å². The molecule has 0 aliphatic rings. The third-order valence-corrected chi connectivity index (χ3v) is 1.57. The van der Waals surface area contributed by atoms with E-state index in [0.29, 0.717) is 6.61 Å². The molecule has 0 bridgehead atoms. The van der Waals surface area contributed by atoms with Gasteiger partial charge in [-0.05, 0) is 26.1 Å². The fourth-order valence-corrected chi connectivity index (χ4v) is 0.671. The Balaban J connectivity index is -0.000000142. The van der Waals surface area contributed by atoms with E-state index in [1.165, 1.54) is 19.6 Å². The molecule has 0 aromatic heterocycles.